The number of anilines is 1. The van der Waals surface area contributed by atoms with Gasteiger partial charge in [-0.1, -0.05) is 0 Å². The van der Waals surface area contributed by atoms with Crippen molar-refractivity contribution in [2.75, 3.05) is 5.32 Å². The second kappa shape index (κ2) is 5.65. The average molecular weight is 274 g/mol. The monoisotopic (exact) mass is 274 g/mol. The molecule has 0 aliphatic heterocycles. The Morgan fingerprint density at radius 1 is 1.25 bits per heavy atom. The highest BCUT2D eigenvalue weighted by molar-refractivity contribution is 5.86. The van der Waals surface area contributed by atoms with Gasteiger partial charge in [0.25, 0.3) is 5.69 Å². The molecule has 3 N–H and O–H groups in total. The smallest absolute Gasteiger partial charge is 0.317 e. The van der Waals surface area contributed by atoms with Crippen molar-refractivity contribution < 1.29 is 14.5 Å². The normalized spacial score (nSPS) is 9.80. The van der Waals surface area contributed by atoms with Crippen LogP contribution in [0.1, 0.15) is 0 Å². The fourth-order valence-electron chi connectivity index (χ4n) is 1.44. The summed E-state index contributed by atoms with van der Waals surface area (Å²) in [5, 5.41) is 12.8. The third-order valence-corrected chi connectivity index (χ3v) is 2.27. The lowest BCUT2D eigenvalue weighted by molar-refractivity contribution is -0.384. The van der Waals surface area contributed by atoms with Crippen molar-refractivity contribution in [3.63, 3.8) is 0 Å². The number of amides is 2. The summed E-state index contributed by atoms with van der Waals surface area (Å²) in [4.78, 5) is 24.6. The number of nitrogens with one attached hydrogen (secondary N) is 1. The molecule has 0 aliphatic carbocycles. The lowest BCUT2D eigenvalue weighted by Crippen LogP contribution is -2.19. The topological polar surface area (TPSA) is 120 Å². The molecule has 1 heterocycles. The minimum Gasteiger partial charge on any atom is -0.457 e. The van der Waals surface area contributed by atoms with Crippen LogP contribution >= 0.6 is 0 Å². The molecule has 0 saturated heterocycles. The Morgan fingerprint density at radius 3 is 2.55 bits per heavy atom. The number of nitro benzene ring substituents is 1. The van der Waals surface area contributed by atoms with Crippen LogP contribution in [-0.2, 0) is 0 Å². The Labute approximate surface area is 113 Å². The zero-order valence-electron chi connectivity index (χ0n) is 10.1. The van der Waals surface area contributed by atoms with Gasteiger partial charge in [-0.05, 0) is 18.2 Å². The molecule has 8 heteroatoms. The number of ether oxygens (including phenoxy) is 1. The van der Waals surface area contributed by atoms with Crippen LogP contribution < -0.4 is 15.8 Å². The van der Waals surface area contributed by atoms with Gasteiger partial charge >= 0.3 is 6.03 Å². The molecule has 0 fully saturated rings. The highest BCUT2D eigenvalue weighted by Gasteiger charge is 2.06. The first-order valence-electron chi connectivity index (χ1n) is 5.49. The summed E-state index contributed by atoms with van der Waals surface area (Å²) in [6.07, 6.45) is 1.44. The molecule has 0 bridgehead atoms. The number of carbonyl (C=O) groups is 1. The first kappa shape index (κ1) is 13.3. The number of non-ortho nitro benzene ring substituents is 1. The number of urea groups is 1. The SMILES string of the molecule is NC(=O)Nc1cc(Oc2ccc([N+](=O)[O-])cc2)ccn1. The number of rotatable bonds is 4. The van der Waals surface area contributed by atoms with Gasteiger partial charge in [-0.25, -0.2) is 9.78 Å². The molecule has 8 nitrogen and oxygen atoms in total. The second-order valence-corrected chi connectivity index (χ2v) is 3.72. The number of carbonyl (C=O) groups excluding carboxylic acids is 1. The van der Waals surface area contributed by atoms with Gasteiger partial charge in [0, 0.05) is 24.4 Å². The van der Waals surface area contributed by atoms with E-state index in [2.05, 4.69) is 10.3 Å². The molecule has 0 unspecified atom stereocenters. The molecule has 1 aromatic heterocycles. The van der Waals surface area contributed by atoms with Gasteiger partial charge in [0.05, 0.1) is 4.92 Å². The van der Waals surface area contributed by atoms with Crippen molar-refractivity contribution in [2.45, 2.75) is 0 Å². The number of nitrogens with zero attached hydrogens (tertiary/aromatic N) is 2. The quantitative estimate of drug-likeness (QED) is 0.654. The molecule has 2 amide bonds. The van der Waals surface area contributed by atoms with E-state index in [0.29, 0.717) is 11.5 Å². The maximum absolute atomic E-state index is 10.7. The van der Waals surface area contributed by atoms with Crippen molar-refractivity contribution >= 4 is 17.5 Å². The fraction of sp³-hybridized carbons (Fsp3) is 0. The Hall–Kier alpha value is -3.16. The number of primary amides is 1. The zero-order valence-corrected chi connectivity index (χ0v) is 10.1. The van der Waals surface area contributed by atoms with Crippen molar-refractivity contribution in [2.24, 2.45) is 5.73 Å². The van der Waals surface area contributed by atoms with Crippen LogP contribution in [0.25, 0.3) is 0 Å². The molecule has 0 atom stereocenters. The van der Waals surface area contributed by atoms with Crippen molar-refractivity contribution in [3.8, 4) is 11.5 Å². The van der Waals surface area contributed by atoms with E-state index >= 15 is 0 Å². The first-order chi connectivity index (χ1) is 9.54. The number of aromatic nitrogens is 1. The van der Waals surface area contributed by atoms with Crippen molar-refractivity contribution in [1.82, 2.24) is 4.98 Å². The summed E-state index contributed by atoms with van der Waals surface area (Å²) in [7, 11) is 0. The lowest BCUT2D eigenvalue weighted by atomic mass is 10.3. The molecule has 0 aliphatic rings. The van der Waals surface area contributed by atoms with E-state index < -0.39 is 11.0 Å². The molecule has 102 valence electrons. The number of hydrogen-bond donors (Lipinski definition) is 2. The van der Waals surface area contributed by atoms with Gasteiger partial charge in [0.2, 0.25) is 0 Å². The molecule has 0 spiro atoms. The Bertz CT molecular complexity index is 642. The number of nitro groups is 1. The van der Waals surface area contributed by atoms with E-state index in [0.717, 1.165) is 0 Å². The number of hydrogen-bond acceptors (Lipinski definition) is 5. The zero-order chi connectivity index (χ0) is 14.5. The summed E-state index contributed by atoms with van der Waals surface area (Å²) in [6, 6.07) is 7.93. The van der Waals surface area contributed by atoms with Gasteiger partial charge in [-0.15, -0.1) is 0 Å². The minimum atomic E-state index is -0.731. The third kappa shape index (κ3) is 3.42. The maximum Gasteiger partial charge on any atom is 0.317 e. The largest absolute Gasteiger partial charge is 0.457 e. The van der Waals surface area contributed by atoms with Gasteiger partial charge < -0.3 is 10.5 Å². The Morgan fingerprint density at radius 2 is 1.95 bits per heavy atom. The highest BCUT2D eigenvalue weighted by Crippen LogP contribution is 2.24. The van der Waals surface area contributed by atoms with Crippen LogP contribution in [0, 0.1) is 10.1 Å². The van der Waals surface area contributed by atoms with Gasteiger partial charge in [-0.3, -0.25) is 15.4 Å². The molecule has 2 aromatic rings. The predicted molar refractivity (Wildman–Crippen MR) is 70.6 cm³/mol. The van der Waals surface area contributed by atoms with Crippen LogP contribution in [0.4, 0.5) is 16.3 Å². The predicted octanol–water partition coefficient (Wildman–Crippen LogP) is 2.27. The lowest BCUT2D eigenvalue weighted by Gasteiger charge is -2.07. The number of pyridine rings is 1. The van der Waals surface area contributed by atoms with Crippen LogP contribution in [-0.4, -0.2) is 15.9 Å². The van der Waals surface area contributed by atoms with Crippen molar-refractivity contribution in [1.29, 1.82) is 0 Å². The number of benzene rings is 1. The van der Waals surface area contributed by atoms with Gasteiger partial charge in [-0.2, -0.15) is 0 Å². The third-order valence-electron chi connectivity index (χ3n) is 2.27. The molecule has 0 radical (unpaired) electrons. The fourth-order valence-corrected chi connectivity index (χ4v) is 1.44. The van der Waals surface area contributed by atoms with E-state index in [1.54, 1.807) is 6.07 Å². The summed E-state index contributed by atoms with van der Waals surface area (Å²) >= 11 is 0. The van der Waals surface area contributed by atoms with Gasteiger partial charge in [0.1, 0.15) is 17.3 Å². The van der Waals surface area contributed by atoms with Crippen LogP contribution in [0.2, 0.25) is 0 Å². The van der Waals surface area contributed by atoms with Gasteiger partial charge in [0.15, 0.2) is 0 Å². The molecule has 20 heavy (non-hydrogen) atoms. The van der Waals surface area contributed by atoms with E-state index in [9.17, 15) is 14.9 Å². The number of nitrogens with two attached hydrogens (primary N) is 1. The molecule has 2 rings (SSSR count). The summed E-state index contributed by atoms with van der Waals surface area (Å²) in [5.74, 6) is 1.08. The standard InChI is InChI=1S/C12H10N4O4/c13-12(17)15-11-7-10(5-6-14-11)20-9-3-1-8(2-4-9)16(18)19/h1-7H,(H3,13,14,15,17). The summed E-state index contributed by atoms with van der Waals surface area (Å²) in [5.41, 5.74) is 4.95. The minimum absolute atomic E-state index is 0.0248. The summed E-state index contributed by atoms with van der Waals surface area (Å²) in [6.45, 7) is 0. The molecule has 1 aromatic carbocycles. The van der Waals surface area contributed by atoms with Crippen LogP contribution in [0.3, 0.4) is 0 Å². The van der Waals surface area contributed by atoms with Crippen LogP contribution in [0.5, 0.6) is 11.5 Å². The van der Waals surface area contributed by atoms with Crippen LogP contribution in [0.15, 0.2) is 42.6 Å². The maximum atomic E-state index is 10.7. The Balaban J connectivity index is 2.13. The first-order valence-corrected chi connectivity index (χ1v) is 5.49. The van der Waals surface area contributed by atoms with E-state index in [-0.39, 0.29) is 11.5 Å². The molecule has 0 saturated carbocycles. The van der Waals surface area contributed by atoms with Crippen molar-refractivity contribution in [3.05, 3.63) is 52.7 Å². The molecular formula is C12H10N4O4. The van der Waals surface area contributed by atoms with E-state index in [1.807, 2.05) is 0 Å². The van der Waals surface area contributed by atoms with E-state index in [1.165, 1.54) is 36.5 Å². The second-order valence-electron chi connectivity index (χ2n) is 3.72. The van der Waals surface area contributed by atoms with E-state index in [4.69, 9.17) is 10.5 Å². The Kier molecular flexibility index (Phi) is 3.75. The summed E-state index contributed by atoms with van der Waals surface area (Å²) < 4.78 is 5.48. The molecular weight excluding hydrogens is 264 g/mol. The highest BCUT2D eigenvalue weighted by atomic mass is 16.6. The average Bonchev–Trinajstić information content (AvgIpc) is 2.39.